The summed E-state index contributed by atoms with van der Waals surface area (Å²) in [5, 5.41) is 0.0316. The summed E-state index contributed by atoms with van der Waals surface area (Å²) in [7, 11) is 1.60. The van der Waals surface area contributed by atoms with Crippen LogP contribution in [0, 0.1) is 6.92 Å². The Labute approximate surface area is 143 Å². The highest BCUT2D eigenvalue weighted by Gasteiger charge is 2.19. The molecule has 2 aromatic rings. The molecule has 4 nitrogen and oxygen atoms in total. The van der Waals surface area contributed by atoms with Crippen LogP contribution < -0.4 is 4.74 Å². The van der Waals surface area contributed by atoms with E-state index in [1.807, 2.05) is 31.2 Å². The molecule has 0 bridgehead atoms. The smallest absolute Gasteiger partial charge is 0.290 e. The van der Waals surface area contributed by atoms with E-state index in [2.05, 4.69) is 4.98 Å². The number of thioether (sulfide) groups is 1. The first-order valence-electron chi connectivity index (χ1n) is 7.32. The molecule has 1 aromatic carbocycles. The van der Waals surface area contributed by atoms with Crippen LogP contribution in [0.25, 0.3) is 0 Å². The van der Waals surface area contributed by atoms with Crippen molar-refractivity contribution in [2.24, 2.45) is 0 Å². The van der Waals surface area contributed by atoms with Gasteiger partial charge in [-0.3, -0.25) is 4.79 Å². The monoisotopic (exact) mass is 352 g/mol. The predicted molar refractivity (Wildman–Crippen MR) is 89.7 cm³/mol. The van der Waals surface area contributed by atoms with Crippen LogP contribution in [-0.4, -0.2) is 41.7 Å². The molecular weight excluding hydrogens is 334 g/mol. The quantitative estimate of drug-likeness (QED) is 0.710. The number of para-hydroxylation sites is 1. The summed E-state index contributed by atoms with van der Waals surface area (Å²) in [4.78, 5) is 17.7. The molecule has 0 aliphatic rings. The average Bonchev–Trinajstić information content (AvgIpc) is 2.56. The van der Waals surface area contributed by atoms with Crippen molar-refractivity contribution in [3.63, 3.8) is 0 Å². The van der Waals surface area contributed by atoms with E-state index < -0.39 is 5.76 Å². The number of alkyl halides is 2. The molecule has 0 fully saturated rings. The maximum Gasteiger partial charge on any atom is 0.290 e. The third-order valence-corrected chi connectivity index (χ3v) is 4.05. The van der Waals surface area contributed by atoms with Crippen molar-refractivity contribution < 1.29 is 18.3 Å². The van der Waals surface area contributed by atoms with Gasteiger partial charge in [-0.1, -0.05) is 18.2 Å². The number of benzene rings is 1. The Morgan fingerprint density at radius 1 is 1.29 bits per heavy atom. The van der Waals surface area contributed by atoms with E-state index >= 15 is 0 Å². The zero-order valence-electron chi connectivity index (χ0n) is 13.4. The number of nitrogens with zero attached hydrogens (tertiary/aromatic N) is 2. The van der Waals surface area contributed by atoms with Crippen LogP contribution in [0.1, 0.15) is 15.9 Å². The number of rotatable bonds is 7. The Bertz CT molecular complexity index is 698. The predicted octanol–water partition coefficient (Wildman–Crippen LogP) is 3.86. The number of aromatic nitrogens is 1. The average molecular weight is 352 g/mol. The Kier molecular flexibility index (Phi) is 6.54. The number of pyridine rings is 1. The SMILES string of the molecule is Cc1ccccc1OCCN(C)C(=O)c1cccnc1SC(F)F. The molecule has 0 spiro atoms. The Hall–Kier alpha value is -2.15. The van der Waals surface area contributed by atoms with Gasteiger partial charge in [-0.25, -0.2) is 4.98 Å². The maximum atomic E-state index is 12.6. The second-order valence-electron chi connectivity index (χ2n) is 5.08. The first-order valence-corrected chi connectivity index (χ1v) is 8.20. The van der Waals surface area contributed by atoms with Gasteiger partial charge in [0.25, 0.3) is 11.7 Å². The topological polar surface area (TPSA) is 42.4 Å². The minimum absolute atomic E-state index is 0.0316. The van der Waals surface area contributed by atoms with Crippen LogP contribution in [-0.2, 0) is 0 Å². The van der Waals surface area contributed by atoms with Crippen molar-refractivity contribution in [2.45, 2.75) is 17.7 Å². The largest absolute Gasteiger partial charge is 0.491 e. The van der Waals surface area contributed by atoms with Gasteiger partial charge in [-0.05, 0) is 42.4 Å². The highest BCUT2D eigenvalue weighted by molar-refractivity contribution is 7.99. The zero-order chi connectivity index (χ0) is 17.5. The third-order valence-electron chi connectivity index (χ3n) is 3.33. The molecule has 1 aromatic heterocycles. The van der Waals surface area contributed by atoms with Gasteiger partial charge in [-0.2, -0.15) is 8.78 Å². The van der Waals surface area contributed by atoms with E-state index in [1.165, 1.54) is 17.2 Å². The lowest BCUT2D eigenvalue weighted by Gasteiger charge is -2.19. The first-order chi connectivity index (χ1) is 11.5. The first kappa shape index (κ1) is 18.2. The van der Waals surface area contributed by atoms with E-state index in [-0.39, 0.29) is 28.3 Å². The van der Waals surface area contributed by atoms with Gasteiger partial charge in [0.2, 0.25) is 0 Å². The van der Waals surface area contributed by atoms with Crippen molar-refractivity contribution in [2.75, 3.05) is 20.2 Å². The van der Waals surface area contributed by atoms with E-state index in [0.717, 1.165) is 11.3 Å². The molecule has 0 radical (unpaired) electrons. The normalized spacial score (nSPS) is 10.7. The summed E-state index contributed by atoms with van der Waals surface area (Å²) in [6.07, 6.45) is 1.39. The number of carbonyl (C=O) groups excluding carboxylic acids is 1. The molecule has 1 heterocycles. The molecule has 7 heteroatoms. The summed E-state index contributed by atoms with van der Waals surface area (Å²) < 4.78 is 30.8. The molecule has 128 valence electrons. The summed E-state index contributed by atoms with van der Waals surface area (Å²) >= 11 is 0.270. The van der Waals surface area contributed by atoms with Gasteiger partial charge in [-0.15, -0.1) is 0 Å². The van der Waals surface area contributed by atoms with Crippen LogP contribution in [0.5, 0.6) is 5.75 Å². The second kappa shape index (κ2) is 8.63. The second-order valence-corrected chi connectivity index (χ2v) is 6.05. The fourth-order valence-electron chi connectivity index (χ4n) is 2.05. The highest BCUT2D eigenvalue weighted by atomic mass is 32.2. The fourth-order valence-corrected chi connectivity index (χ4v) is 2.62. The lowest BCUT2D eigenvalue weighted by molar-refractivity contribution is 0.0769. The molecule has 0 N–H and O–H groups in total. The van der Waals surface area contributed by atoms with Crippen molar-refractivity contribution in [1.82, 2.24) is 9.88 Å². The van der Waals surface area contributed by atoms with E-state index in [0.29, 0.717) is 13.2 Å². The number of carbonyl (C=O) groups is 1. The van der Waals surface area contributed by atoms with Gasteiger partial charge in [0.1, 0.15) is 17.4 Å². The molecule has 24 heavy (non-hydrogen) atoms. The number of aryl methyl sites for hydroxylation is 1. The van der Waals surface area contributed by atoms with Crippen molar-refractivity contribution in [1.29, 1.82) is 0 Å². The minimum Gasteiger partial charge on any atom is -0.491 e. The van der Waals surface area contributed by atoms with Gasteiger partial charge < -0.3 is 9.64 Å². The Morgan fingerprint density at radius 2 is 2.04 bits per heavy atom. The third kappa shape index (κ3) is 4.92. The maximum absolute atomic E-state index is 12.6. The summed E-state index contributed by atoms with van der Waals surface area (Å²) in [6.45, 7) is 2.58. The molecule has 0 aliphatic carbocycles. The molecule has 1 amide bonds. The number of likely N-dealkylation sites (N-methyl/N-ethyl adjacent to an activating group) is 1. The van der Waals surface area contributed by atoms with Crippen molar-refractivity contribution in [3.8, 4) is 5.75 Å². The Balaban J connectivity index is 1.96. The van der Waals surface area contributed by atoms with Gasteiger partial charge in [0.05, 0.1) is 12.1 Å². The molecule has 0 saturated heterocycles. The van der Waals surface area contributed by atoms with Gasteiger partial charge in [0.15, 0.2) is 0 Å². The summed E-state index contributed by atoms with van der Waals surface area (Å²) in [6, 6.07) is 10.6. The number of ether oxygens (including phenoxy) is 1. The van der Waals surface area contributed by atoms with E-state index in [1.54, 1.807) is 13.1 Å². The van der Waals surface area contributed by atoms with Crippen LogP contribution >= 0.6 is 11.8 Å². The van der Waals surface area contributed by atoms with E-state index in [9.17, 15) is 13.6 Å². The number of hydrogen-bond donors (Lipinski definition) is 0. The minimum atomic E-state index is -2.62. The molecular formula is C17H18F2N2O2S. The van der Waals surface area contributed by atoms with Crippen molar-refractivity contribution in [3.05, 3.63) is 53.7 Å². The molecule has 0 aliphatic heterocycles. The van der Waals surface area contributed by atoms with Crippen LogP contribution in [0.3, 0.4) is 0 Å². The molecule has 2 rings (SSSR count). The molecule has 0 unspecified atom stereocenters. The van der Waals surface area contributed by atoms with Crippen LogP contribution in [0.15, 0.2) is 47.6 Å². The number of halogens is 2. The standard InChI is InChI=1S/C17H18F2N2O2S/c1-12-6-3-4-8-14(12)23-11-10-21(2)16(22)13-7-5-9-20-15(13)24-17(18)19/h3-9,17H,10-11H2,1-2H3. The molecule has 0 saturated carbocycles. The molecule has 0 atom stereocenters. The summed E-state index contributed by atoms with van der Waals surface area (Å²) in [5.74, 6) is -2.23. The van der Waals surface area contributed by atoms with Crippen LogP contribution in [0.4, 0.5) is 8.78 Å². The lowest BCUT2D eigenvalue weighted by Crippen LogP contribution is -2.31. The zero-order valence-corrected chi connectivity index (χ0v) is 14.2. The highest BCUT2D eigenvalue weighted by Crippen LogP contribution is 2.26. The number of amides is 1. The van der Waals surface area contributed by atoms with Crippen LogP contribution in [0.2, 0.25) is 0 Å². The van der Waals surface area contributed by atoms with Crippen molar-refractivity contribution >= 4 is 17.7 Å². The lowest BCUT2D eigenvalue weighted by atomic mass is 10.2. The fraction of sp³-hybridized carbons (Fsp3) is 0.294. The van der Waals surface area contributed by atoms with Gasteiger partial charge >= 0.3 is 0 Å². The Morgan fingerprint density at radius 3 is 2.75 bits per heavy atom. The summed E-state index contributed by atoms with van der Waals surface area (Å²) in [5.41, 5.74) is 1.18. The van der Waals surface area contributed by atoms with Gasteiger partial charge in [0, 0.05) is 13.2 Å². The van der Waals surface area contributed by atoms with E-state index in [4.69, 9.17) is 4.74 Å². The number of hydrogen-bond acceptors (Lipinski definition) is 4.